The molecule has 0 fully saturated rings. The van der Waals surface area contributed by atoms with Crippen molar-refractivity contribution in [2.24, 2.45) is 0 Å². The van der Waals surface area contributed by atoms with Crippen molar-refractivity contribution in [3.8, 4) is 33.4 Å². The molecule has 0 unspecified atom stereocenters. The van der Waals surface area contributed by atoms with Gasteiger partial charge in [-0.05, 0) is 103 Å². The molecule has 10 rings (SSSR count). The Balaban J connectivity index is 1.32. The van der Waals surface area contributed by atoms with Gasteiger partial charge in [0.05, 0.1) is 0 Å². The van der Waals surface area contributed by atoms with Crippen LogP contribution < -0.4 is 0 Å². The summed E-state index contributed by atoms with van der Waals surface area (Å²) in [5, 5.41) is 0. The van der Waals surface area contributed by atoms with Gasteiger partial charge in [-0.1, -0.05) is 164 Å². The van der Waals surface area contributed by atoms with Gasteiger partial charge >= 0.3 is 0 Å². The molecule has 0 aliphatic heterocycles. The Morgan fingerprint density at radius 3 is 0.812 bits per heavy atom. The molecule has 228 valence electrons. The highest BCUT2D eigenvalue weighted by atomic mass is 14.5. The molecule has 7 aromatic carbocycles. The monoisotopic (exact) mass is 612 g/mol. The first kappa shape index (κ1) is 27.6. The third kappa shape index (κ3) is 4.15. The summed E-state index contributed by atoms with van der Waals surface area (Å²) in [6.45, 7) is 0. The molecule has 0 nitrogen and oxygen atoms in total. The SMILES string of the molecule is c1ccc(C[C@@H]2c3ccccc3-c3c2c2c(c4c3[C@@H](Cc3ccccc3)c3ccccc3-4)[C@H](Cc3ccccc3)c3ccccc3-2)cc1. The minimum absolute atomic E-state index is 0.294. The second kappa shape index (κ2) is 11.1. The molecule has 0 amide bonds. The Bertz CT molecular complexity index is 2030. The lowest BCUT2D eigenvalue weighted by Gasteiger charge is -2.25. The third-order valence-electron chi connectivity index (χ3n) is 11.3. The summed E-state index contributed by atoms with van der Waals surface area (Å²) in [6, 6.07) is 61.5. The minimum atomic E-state index is 0.294. The first-order chi connectivity index (χ1) is 23.8. The first-order valence-electron chi connectivity index (χ1n) is 17.5. The van der Waals surface area contributed by atoms with E-state index in [1.54, 1.807) is 16.7 Å². The highest BCUT2D eigenvalue weighted by molar-refractivity contribution is 6.03. The van der Waals surface area contributed by atoms with E-state index in [1.165, 1.54) is 66.8 Å². The van der Waals surface area contributed by atoms with E-state index in [-0.39, 0.29) is 0 Å². The summed E-state index contributed by atoms with van der Waals surface area (Å²) in [4.78, 5) is 0. The molecular weight excluding hydrogens is 577 g/mol. The molecule has 0 heteroatoms. The van der Waals surface area contributed by atoms with Crippen LogP contribution in [-0.2, 0) is 19.3 Å². The molecule has 3 atom stereocenters. The van der Waals surface area contributed by atoms with Crippen molar-refractivity contribution >= 4 is 0 Å². The molecule has 0 N–H and O–H groups in total. The van der Waals surface area contributed by atoms with E-state index in [9.17, 15) is 0 Å². The lowest BCUT2D eigenvalue weighted by atomic mass is 9.78. The normalized spacial score (nSPS) is 17.6. The molecule has 0 saturated carbocycles. The van der Waals surface area contributed by atoms with Crippen LogP contribution in [0.1, 0.15) is 67.8 Å². The molecule has 0 aromatic heterocycles. The van der Waals surface area contributed by atoms with Crippen LogP contribution in [0.4, 0.5) is 0 Å². The number of hydrogen-bond acceptors (Lipinski definition) is 0. The Morgan fingerprint density at radius 2 is 0.521 bits per heavy atom. The molecule has 0 heterocycles. The quantitative estimate of drug-likeness (QED) is 0.175. The van der Waals surface area contributed by atoms with Crippen molar-refractivity contribution in [1.82, 2.24) is 0 Å². The zero-order valence-electron chi connectivity index (χ0n) is 26.9. The highest BCUT2D eigenvalue weighted by Crippen LogP contribution is 2.65. The average Bonchev–Trinajstić information content (AvgIpc) is 3.76. The Morgan fingerprint density at radius 1 is 0.271 bits per heavy atom. The van der Waals surface area contributed by atoms with Crippen molar-refractivity contribution < 1.29 is 0 Å². The molecule has 0 spiro atoms. The van der Waals surface area contributed by atoms with Gasteiger partial charge in [-0.15, -0.1) is 0 Å². The van der Waals surface area contributed by atoms with Crippen LogP contribution in [0.5, 0.6) is 0 Å². The smallest absolute Gasteiger partial charge is 0.0148 e. The fourth-order valence-corrected chi connectivity index (χ4v) is 9.46. The van der Waals surface area contributed by atoms with Gasteiger partial charge in [0, 0.05) is 17.8 Å². The van der Waals surface area contributed by atoms with Crippen LogP contribution in [0.3, 0.4) is 0 Å². The number of benzene rings is 7. The van der Waals surface area contributed by atoms with Crippen LogP contribution in [0.15, 0.2) is 164 Å². The second-order valence-electron chi connectivity index (χ2n) is 13.9. The zero-order chi connectivity index (χ0) is 31.6. The van der Waals surface area contributed by atoms with Gasteiger partial charge in [-0.25, -0.2) is 0 Å². The van der Waals surface area contributed by atoms with E-state index in [1.807, 2.05) is 0 Å². The molecule has 0 saturated heterocycles. The largest absolute Gasteiger partial charge is 0.0622 e. The number of hydrogen-bond donors (Lipinski definition) is 0. The number of rotatable bonds is 6. The predicted octanol–water partition coefficient (Wildman–Crippen LogP) is 11.8. The van der Waals surface area contributed by atoms with Gasteiger partial charge in [-0.3, -0.25) is 0 Å². The van der Waals surface area contributed by atoms with Crippen molar-refractivity contribution in [3.63, 3.8) is 0 Å². The number of fused-ring (bicyclic) bond motifs is 12. The second-order valence-corrected chi connectivity index (χ2v) is 13.9. The fraction of sp³-hybridized carbons (Fsp3) is 0.125. The molecule has 48 heavy (non-hydrogen) atoms. The van der Waals surface area contributed by atoms with E-state index in [0.29, 0.717) is 17.8 Å². The molecule has 0 radical (unpaired) electrons. The topological polar surface area (TPSA) is 0 Å². The maximum Gasteiger partial charge on any atom is 0.0148 e. The predicted molar refractivity (Wildman–Crippen MR) is 199 cm³/mol. The lowest BCUT2D eigenvalue weighted by Crippen LogP contribution is -2.09. The standard InChI is InChI=1S/C48H36/c1-4-16-31(17-5-1)28-40-34-22-10-13-25-37(34)43-46(40)44-38-26-14-11-23-35(38)41(29-32-18-6-2-7-19-32)48(44)45-39-27-15-12-24-36(39)42(47(43)45)30-33-20-8-3-9-21-33/h1-27,40-42H,28-30H2/t40-,41-,42+/m1/s1. The average molecular weight is 613 g/mol. The van der Waals surface area contributed by atoms with Gasteiger partial charge in [-0.2, -0.15) is 0 Å². The van der Waals surface area contributed by atoms with E-state index in [4.69, 9.17) is 0 Å². The van der Waals surface area contributed by atoms with Gasteiger partial charge in [0.2, 0.25) is 0 Å². The first-order valence-corrected chi connectivity index (χ1v) is 17.5. The minimum Gasteiger partial charge on any atom is -0.0622 e. The van der Waals surface area contributed by atoms with Crippen LogP contribution >= 0.6 is 0 Å². The zero-order valence-corrected chi connectivity index (χ0v) is 26.9. The molecule has 3 aliphatic carbocycles. The van der Waals surface area contributed by atoms with E-state index in [2.05, 4.69) is 164 Å². The van der Waals surface area contributed by atoms with E-state index >= 15 is 0 Å². The van der Waals surface area contributed by atoms with Crippen LogP contribution in [0.25, 0.3) is 33.4 Å². The summed E-state index contributed by atoms with van der Waals surface area (Å²) in [6.07, 6.45) is 2.99. The van der Waals surface area contributed by atoms with Crippen molar-refractivity contribution in [1.29, 1.82) is 0 Å². The Kier molecular flexibility index (Phi) is 6.37. The Labute approximate surface area is 283 Å². The molecular formula is C48H36. The van der Waals surface area contributed by atoms with Gasteiger partial charge in [0.15, 0.2) is 0 Å². The van der Waals surface area contributed by atoms with E-state index in [0.717, 1.165) is 19.3 Å². The van der Waals surface area contributed by atoms with Gasteiger partial charge in [0.25, 0.3) is 0 Å². The van der Waals surface area contributed by atoms with Gasteiger partial charge in [0.1, 0.15) is 0 Å². The van der Waals surface area contributed by atoms with E-state index < -0.39 is 0 Å². The highest BCUT2D eigenvalue weighted by Gasteiger charge is 2.46. The summed E-state index contributed by atoms with van der Waals surface area (Å²) in [5.41, 5.74) is 22.1. The summed E-state index contributed by atoms with van der Waals surface area (Å²) >= 11 is 0. The van der Waals surface area contributed by atoms with Crippen LogP contribution in [-0.4, -0.2) is 0 Å². The third-order valence-corrected chi connectivity index (χ3v) is 11.3. The maximum atomic E-state index is 2.42. The summed E-state index contributed by atoms with van der Waals surface area (Å²) < 4.78 is 0. The van der Waals surface area contributed by atoms with Gasteiger partial charge < -0.3 is 0 Å². The van der Waals surface area contributed by atoms with Crippen LogP contribution in [0, 0.1) is 0 Å². The molecule has 3 aliphatic rings. The Hall–Kier alpha value is -5.46. The summed E-state index contributed by atoms with van der Waals surface area (Å²) in [5.74, 6) is 0.881. The fourth-order valence-electron chi connectivity index (χ4n) is 9.46. The lowest BCUT2D eigenvalue weighted by molar-refractivity contribution is 0.802. The maximum absolute atomic E-state index is 2.42. The molecule has 7 aromatic rings. The van der Waals surface area contributed by atoms with Crippen molar-refractivity contribution in [2.45, 2.75) is 37.0 Å². The van der Waals surface area contributed by atoms with Crippen molar-refractivity contribution in [2.75, 3.05) is 0 Å². The molecule has 0 bridgehead atoms. The summed E-state index contributed by atoms with van der Waals surface area (Å²) in [7, 11) is 0. The van der Waals surface area contributed by atoms with Crippen LogP contribution in [0.2, 0.25) is 0 Å². The van der Waals surface area contributed by atoms with Crippen molar-refractivity contribution in [3.05, 3.63) is 214 Å².